The molecule has 4 nitrogen and oxygen atoms in total. The van der Waals surface area contributed by atoms with E-state index in [1.807, 2.05) is 0 Å². The number of rotatable bonds is 3. The molecule has 1 aliphatic rings. The number of phenolic OH excluding ortho intramolecular Hbond substituents is 1. The minimum atomic E-state index is -0.183. The van der Waals surface area contributed by atoms with Crippen molar-refractivity contribution in [3.8, 4) is 5.75 Å². The molecule has 1 aromatic carbocycles. The van der Waals surface area contributed by atoms with Crippen LogP contribution in [0.25, 0.3) is 0 Å². The lowest BCUT2D eigenvalue weighted by Gasteiger charge is -2.13. The fraction of sp³-hybridized carbons (Fsp3) is 0.526. The second-order valence-corrected chi connectivity index (χ2v) is 6.22. The lowest BCUT2D eigenvalue weighted by atomic mass is 10.0. The summed E-state index contributed by atoms with van der Waals surface area (Å²) in [5.41, 5.74) is 7.49. The molecule has 4 heteroatoms. The molecule has 0 aromatic heterocycles. The first kappa shape index (κ1) is 17.4. The summed E-state index contributed by atoms with van der Waals surface area (Å²) in [7, 11) is 0. The number of carbonyl (C=O) groups excluding carboxylic acids is 1. The monoisotopic (exact) mass is 316 g/mol. The molecule has 2 rings (SSSR count). The van der Waals surface area contributed by atoms with Crippen LogP contribution in [0.5, 0.6) is 5.75 Å². The van der Waals surface area contributed by atoms with E-state index in [0.29, 0.717) is 5.56 Å². The highest BCUT2D eigenvalue weighted by Gasteiger charge is 2.06. The number of carbonyl (C=O) groups is 1. The van der Waals surface area contributed by atoms with Gasteiger partial charge in [0, 0.05) is 11.3 Å². The van der Waals surface area contributed by atoms with Crippen LogP contribution in [0, 0.1) is 0 Å². The highest BCUT2D eigenvalue weighted by atomic mass is 16.3. The van der Waals surface area contributed by atoms with Crippen molar-refractivity contribution in [2.45, 2.75) is 64.2 Å². The zero-order chi connectivity index (χ0) is 16.3. The number of nitrogens with one attached hydrogen (secondary N) is 2. The predicted molar refractivity (Wildman–Crippen MR) is 93.0 cm³/mol. The Hall–Kier alpha value is -1.97. The number of hydrogen-bond acceptors (Lipinski definition) is 3. The number of amides is 1. The van der Waals surface area contributed by atoms with Crippen LogP contribution in [0.3, 0.4) is 0 Å². The second-order valence-electron chi connectivity index (χ2n) is 6.22. The number of aromatic hydroxyl groups is 1. The summed E-state index contributed by atoms with van der Waals surface area (Å²) in [5, 5.41) is 9.27. The fourth-order valence-electron chi connectivity index (χ4n) is 2.83. The van der Waals surface area contributed by atoms with Crippen LogP contribution in [0.1, 0.15) is 74.6 Å². The number of phenols is 1. The van der Waals surface area contributed by atoms with Crippen molar-refractivity contribution in [2.24, 2.45) is 0 Å². The molecule has 126 valence electrons. The summed E-state index contributed by atoms with van der Waals surface area (Å²) < 4.78 is 0. The van der Waals surface area contributed by atoms with Gasteiger partial charge in [0.25, 0.3) is 5.91 Å². The van der Waals surface area contributed by atoms with E-state index in [-0.39, 0.29) is 11.7 Å². The Morgan fingerprint density at radius 1 is 0.870 bits per heavy atom. The Kier molecular flexibility index (Phi) is 7.50. The predicted octanol–water partition coefficient (Wildman–Crippen LogP) is 4.43. The minimum Gasteiger partial charge on any atom is -0.508 e. The molecule has 0 unspecified atom stereocenters. The summed E-state index contributed by atoms with van der Waals surface area (Å²) in [6, 6.07) is 6.26. The quantitative estimate of drug-likeness (QED) is 0.723. The molecule has 0 saturated carbocycles. The number of benzene rings is 1. The van der Waals surface area contributed by atoms with Gasteiger partial charge < -0.3 is 10.5 Å². The van der Waals surface area contributed by atoms with Crippen LogP contribution in [0.15, 0.2) is 36.0 Å². The largest absolute Gasteiger partial charge is 0.508 e. The first-order chi connectivity index (χ1) is 11.3. The summed E-state index contributed by atoms with van der Waals surface area (Å²) in [5.74, 6) is -0.0199. The molecule has 1 aromatic rings. The van der Waals surface area contributed by atoms with Crippen molar-refractivity contribution in [1.82, 2.24) is 10.9 Å². The Balaban J connectivity index is 1.84. The zero-order valence-electron chi connectivity index (χ0n) is 13.8. The van der Waals surface area contributed by atoms with Crippen LogP contribution < -0.4 is 10.9 Å². The summed E-state index contributed by atoms with van der Waals surface area (Å²) in [6.07, 6.45) is 14.6. The highest BCUT2D eigenvalue weighted by molar-refractivity contribution is 5.94. The molecule has 23 heavy (non-hydrogen) atoms. The lowest BCUT2D eigenvalue weighted by Crippen LogP contribution is -2.36. The Bertz CT molecular complexity index is 509. The molecule has 0 bridgehead atoms. The smallest absolute Gasteiger partial charge is 0.269 e. The molecule has 3 N–H and O–H groups in total. The van der Waals surface area contributed by atoms with E-state index in [1.54, 1.807) is 12.1 Å². The summed E-state index contributed by atoms with van der Waals surface area (Å²) in [6.45, 7) is 0. The Morgan fingerprint density at radius 3 is 2.17 bits per heavy atom. The third-order valence-electron chi connectivity index (χ3n) is 4.26. The zero-order valence-corrected chi connectivity index (χ0v) is 13.8. The van der Waals surface area contributed by atoms with Crippen molar-refractivity contribution in [1.29, 1.82) is 0 Å². The summed E-state index contributed by atoms with van der Waals surface area (Å²) >= 11 is 0. The maximum Gasteiger partial charge on any atom is 0.269 e. The highest BCUT2D eigenvalue weighted by Crippen LogP contribution is 2.15. The van der Waals surface area contributed by atoms with Crippen LogP contribution in [-0.2, 0) is 0 Å². The van der Waals surface area contributed by atoms with E-state index in [0.717, 1.165) is 25.0 Å². The van der Waals surface area contributed by atoms with Crippen molar-refractivity contribution >= 4 is 5.91 Å². The van der Waals surface area contributed by atoms with Gasteiger partial charge in [0.15, 0.2) is 0 Å². The standard InChI is InChI=1S/C19H28N2O2/c22-18-14-12-16(13-15-18)19(23)21-20-17-10-8-6-4-2-1-3-5-7-9-11-17/h10,12-15,20,22H,1-9,11H2,(H,21,23). The molecule has 1 aliphatic carbocycles. The van der Waals surface area contributed by atoms with Crippen molar-refractivity contribution in [3.05, 3.63) is 41.6 Å². The lowest BCUT2D eigenvalue weighted by molar-refractivity contribution is 0.0938. The summed E-state index contributed by atoms with van der Waals surface area (Å²) in [4.78, 5) is 12.1. The molecule has 1 amide bonds. The normalized spacial score (nSPS) is 17.3. The SMILES string of the molecule is O=C(NNC1=CCCCCCCCCCC1)c1ccc(O)cc1. The van der Waals surface area contributed by atoms with E-state index in [2.05, 4.69) is 16.9 Å². The Labute approximate surface area is 139 Å². The van der Waals surface area contributed by atoms with Gasteiger partial charge in [-0.3, -0.25) is 10.2 Å². The Morgan fingerprint density at radius 2 is 1.48 bits per heavy atom. The molecule has 0 radical (unpaired) electrons. The van der Waals surface area contributed by atoms with Gasteiger partial charge in [-0.1, -0.05) is 44.6 Å². The first-order valence-electron chi connectivity index (χ1n) is 8.80. The van der Waals surface area contributed by atoms with Gasteiger partial charge in [-0.15, -0.1) is 0 Å². The molecule has 0 saturated heterocycles. The molecular formula is C19H28N2O2. The van der Waals surface area contributed by atoms with Crippen LogP contribution >= 0.6 is 0 Å². The number of hydrazine groups is 1. The number of hydrogen-bond donors (Lipinski definition) is 3. The number of allylic oxidation sites excluding steroid dienone is 2. The molecule has 0 atom stereocenters. The maximum atomic E-state index is 12.1. The molecule has 0 spiro atoms. The van der Waals surface area contributed by atoms with Gasteiger partial charge in [0.2, 0.25) is 0 Å². The van der Waals surface area contributed by atoms with Gasteiger partial charge in [-0.25, -0.2) is 0 Å². The maximum absolute atomic E-state index is 12.1. The van der Waals surface area contributed by atoms with E-state index < -0.39 is 0 Å². The van der Waals surface area contributed by atoms with Gasteiger partial charge in [0.1, 0.15) is 5.75 Å². The van der Waals surface area contributed by atoms with Gasteiger partial charge in [-0.2, -0.15) is 0 Å². The van der Waals surface area contributed by atoms with Crippen molar-refractivity contribution in [2.75, 3.05) is 0 Å². The van der Waals surface area contributed by atoms with E-state index >= 15 is 0 Å². The topological polar surface area (TPSA) is 61.4 Å². The molecule has 0 aliphatic heterocycles. The van der Waals surface area contributed by atoms with E-state index in [1.165, 1.54) is 57.1 Å². The second kappa shape index (κ2) is 9.93. The first-order valence-corrected chi connectivity index (χ1v) is 8.80. The molecule has 0 fully saturated rings. The average Bonchev–Trinajstić information content (AvgIpc) is 2.55. The van der Waals surface area contributed by atoms with Gasteiger partial charge in [-0.05, 0) is 49.9 Å². The fourth-order valence-corrected chi connectivity index (χ4v) is 2.83. The average molecular weight is 316 g/mol. The van der Waals surface area contributed by atoms with Crippen LogP contribution in [0.2, 0.25) is 0 Å². The van der Waals surface area contributed by atoms with Gasteiger partial charge in [0.05, 0.1) is 0 Å². The molecular weight excluding hydrogens is 288 g/mol. The molecule has 0 heterocycles. The van der Waals surface area contributed by atoms with E-state index in [9.17, 15) is 9.90 Å². The van der Waals surface area contributed by atoms with Crippen molar-refractivity contribution in [3.63, 3.8) is 0 Å². The third kappa shape index (κ3) is 6.76. The third-order valence-corrected chi connectivity index (χ3v) is 4.26. The van der Waals surface area contributed by atoms with Gasteiger partial charge >= 0.3 is 0 Å². The van der Waals surface area contributed by atoms with E-state index in [4.69, 9.17) is 0 Å². The minimum absolute atomic E-state index is 0.163. The van der Waals surface area contributed by atoms with Crippen LogP contribution in [-0.4, -0.2) is 11.0 Å². The van der Waals surface area contributed by atoms with Crippen molar-refractivity contribution < 1.29 is 9.90 Å². The van der Waals surface area contributed by atoms with Crippen LogP contribution in [0.4, 0.5) is 0 Å².